The van der Waals surface area contributed by atoms with Gasteiger partial charge in [0.15, 0.2) is 0 Å². The molecule has 32 heavy (non-hydrogen) atoms. The average Bonchev–Trinajstić information content (AvgIpc) is 2.79. The maximum absolute atomic E-state index is 12.9. The van der Waals surface area contributed by atoms with Gasteiger partial charge >= 0.3 is 0 Å². The molecular formula is C27H28N2O3. The van der Waals surface area contributed by atoms with E-state index in [4.69, 9.17) is 9.84 Å². The van der Waals surface area contributed by atoms with E-state index < -0.39 is 0 Å². The van der Waals surface area contributed by atoms with E-state index in [2.05, 4.69) is 43.1 Å². The fourth-order valence-electron chi connectivity index (χ4n) is 4.14. The molecule has 0 amide bonds. The second-order valence-electron chi connectivity index (χ2n) is 8.62. The quantitative estimate of drug-likeness (QED) is 0.484. The fraction of sp³-hybridized carbons (Fsp3) is 0.259. The molecule has 0 spiro atoms. The molecule has 0 aliphatic carbocycles. The van der Waals surface area contributed by atoms with Crippen LogP contribution in [0, 0.1) is 13.8 Å². The van der Waals surface area contributed by atoms with Crippen molar-refractivity contribution in [3.63, 3.8) is 0 Å². The molecule has 0 unspecified atom stereocenters. The van der Waals surface area contributed by atoms with Crippen LogP contribution in [-0.2, 0) is 5.41 Å². The minimum Gasteiger partial charge on any atom is -0.491 e. The number of aliphatic hydroxyl groups excluding tert-OH is 1. The molecule has 0 saturated carbocycles. The van der Waals surface area contributed by atoms with Crippen LogP contribution < -0.4 is 10.3 Å². The van der Waals surface area contributed by atoms with Crippen LogP contribution >= 0.6 is 0 Å². The van der Waals surface area contributed by atoms with Gasteiger partial charge in [-0.15, -0.1) is 0 Å². The first-order valence-corrected chi connectivity index (χ1v) is 10.8. The summed E-state index contributed by atoms with van der Waals surface area (Å²) in [6, 6.07) is 19.7. The zero-order chi connectivity index (χ0) is 22.9. The zero-order valence-corrected chi connectivity index (χ0v) is 18.9. The van der Waals surface area contributed by atoms with Gasteiger partial charge in [0.1, 0.15) is 18.7 Å². The highest BCUT2D eigenvalue weighted by molar-refractivity contribution is 5.77. The van der Waals surface area contributed by atoms with Crippen molar-refractivity contribution in [3.05, 3.63) is 99.6 Å². The number of para-hydroxylation sites is 1. The predicted molar refractivity (Wildman–Crippen MR) is 128 cm³/mol. The third kappa shape index (κ3) is 3.92. The fourth-order valence-corrected chi connectivity index (χ4v) is 4.14. The normalized spacial score (nSPS) is 11.7. The van der Waals surface area contributed by atoms with E-state index in [9.17, 15) is 4.79 Å². The van der Waals surface area contributed by atoms with Crippen molar-refractivity contribution in [1.29, 1.82) is 0 Å². The monoisotopic (exact) mass is 428 g/mol. The van der Waals surface area contributed by atoms with Gasteiger partial charge in [0.25, 0.3) is 5.56 Å². The molecule has 0 saturated heterocycles. The summed E-state index contributed by atoms with van der Waals surface area (Å²) in [4.78, 5) is 17.3. The second-order valence-corrected chi connectivity index (χ2v) is 8.62. The number of aliphatic hydroxyl groups is 1. The highest BCUT2D eigenvalue weighted by Crippen LogP contribution is 2.36. The number of fused-ring (bicyclic) bond motifs is 1. The van der Waals surface area contributed by atoms with Crippen LogP contribution in [0.15, 0.2) is 71.8 Å². The molecule has 1 N–H and O–H groups in total. The Morgan fingerprint density at radius 1 is 0.969 bits per heavy atom. The Kier molecular flexibility index (Phi) is 5.85. The van der Waals surface area contributed by atoms with E-state index in [1.54, 1.807) is 17.0 Å². The highest BCUT2D eigenvalue weighted by atomic mass is 16.5. The molecule has 4 aromatic rings. The summed E-state index contributed by atoms with van der Waals surface area (Å²) >= 11 is 0. The Morgan fingerprint density at radius 3 is 2.28 bits per heavy atom. The minimum atomic E-state index is -0.240. The third-order valence-corrected chi connectivity index (χ3v) is 6.05. The van der Waals surface area contributed by atoms with Crippen molar-refractivity contribution in [1.82, 2.24) is 9.55 Å². The predicted octanol–water partition coefficient (Wildman–Crippen LogP) is 4.70. The number of hydrogen-bond acceptors (Lipinski definition) is 4. The second kappa shape index (κ2) is 8.60. The molecule has 4 rings (SSSR count). The number of aryl methyl sites for hydroxylation is 2. The number of nitrogens with zero attached hydrogens (tertiary/aromatic N) is 2. The maximum Gasteiger partial charge on any atom is 0.265 e. The van der Waals surface area contributed by atoms with Crippen molar-refractivity contribution in [2.75, 3.05) is 13.2 Å². The van der Waals surface area contributed by atoms with Crippen LogP contribution in [0.1, 0.15) is 36.1 Å². The topological polar surface area (TPSA) is 64.4 Å². The molecule has 3 aromatic carbocycles. The van der Waals surface area contributed by atoms with Gasteiger partial charge in [-0.05, 0) is 60.4 Å². The Morgan fingerprint density at radius 2 is 1.62 bits per heavy atom. The van der Waals surface area contributed by atoms with Gasteiger partial charge in [-0.3, -0.25) is 9.36 Å². The SMILES string of the molecule is Cc1cc(C(C)(C)c2ccc(-n3cnc4ccccc4c3=O)cc2)cc(C)c1OCCO. The molecule has 164 valence electrons. The highest BCUT2D eigenvalue weighted by Gasteiger charge is 2.25. The van der Waals surface area contributed by atoms with Crippen LogP contribution in [0.5, 0.6) is 5.75 Å². The van der Waals surface area contributed by atoms with Crippen LogP contribution in [-0.4, -0.2) is 27.9 Å². The van der Waals surface area contributed by atoms with Gasteiger partial charge in [-0.25, -0.2) is 4.98 Å². The van der Waals surface area contributed by atoms with Gasteiger partial charge < -0.3 is 9.84 Å². The number of hydrogen-bond donors (Lipinski definition) is 1. The summed E-state index contributed by atoms with van der Waals surface area (Å²) < 4.78 is 7.29. The van der Waals surface area contributed by atoms with Crippen molar-refractivity contribution >= 4 is 10.9 Å². The van der Waals surface area contributed by atoms with Crippen molar-refractivity contribution in [3.8, 4) is 11.4 Å². The average molecular weight is 429 g/mol. The summed E-state index contributed by atoms with van der Waals surface area (Å²) in [5.74, 6) is 0.831. The van der Waals surface area contributed by atoms with E-state index in [-0.39, 0.29) is 24.2 Å². The lowest BCUT2D eigenvalue weighted by Crippen LogP contribution is -2.21. The molecule has 0 aliphatic rings. The molecule has 0 fully saturated rings. The van der Waals surface area contributed by atoms with Gasteiger partial charge in [0.2, 0.25) is 0 Å². The lowest BCUT2D eigenvalue weighted by Gasteiger charge is -2.28. The van der Waals surface area contributed by atoms with Crippen LogP contribution in [0.2, 0.25) is 0 Å². The molecule has 5 heteroatoms. The van der Waals surface area contributed by atoms with Crippen molar-refractivity contribution < 1.29 is 9.84 Å². The van der Waals surface area contributed by atoms with E-state index in [0.717, 1.165) is 28.1 Å². The largest absolute Gasteiger partial charge is 0.491 e. The number of aromatic nitrogens is 2. The molecule has 1 heterocycles. The first kappa shape index (κ1) is 21.8. The van der Waals surface area contributed by atoms with E-state index in [1.807, 2.05) is 44.2 Å². The summed E-state index contributed by atoms with van der Waals surface area (Å²) in [5.41, 5.74) is 5.59. The lowest BCUT2D eigenvalue weighted by atomic mass is 9.77. The Bertz CT molecular complexity index is 1300. The van der Waals surface area contributed by atoms with Gasteiger partial charge in [-0.2, -0.15) is 0 Å². The van der Waals surface area contributed by atoms with Gasteiger partial charge in [-0.1, -0.05) is 50.2 Å². The van der Waals surface area contributed by atoms with Crippen LogP contribution in [0.4, 0.5) is 0 Å². The minimum absolute atomic E-state index is 0.00567. The van der Waals surface area contributed by atoms with Crippen molar-refractivity contribution in [2.45, 2.75) is 33.1 Å². The number of benzene rings is 3. The Labute approximate surface area is 188 Å². The first-order valence-electron chi connectivity index (χ1n) is 10.8. The molecule has 0 atom stereocenters. The number of rotatable bonds is 6. The zero-order valence-electron chi connectivity index (χ0n) is 18.9. The molecule has 0 aliphatic heterocycles. The Hall–Kier alpha value is -3.44. The summed E-state index contributed by atoms with van der Waals surface area (Å²) in [6.07, 6.45) is 1.59. The molecule has 1 aromatic heterocycles. The summed E-state index contributed by atoms with van der Waals surface area (Å²) in [5, 5.41) is 9.67. The van der Waals surface area contributed by atoms with Gasteiger partial charge in [0.05, 0.1) is 23.2 Å². The standard InChI is InChI=1S/C27H28N2O3/c1-18-15-21(16-19(2)25(18)32-14-13-30)27(3,4)20-9-11-22(12-10-20)29-17-28-24-8-6-5-7-23(24)26(29)31/h5-12,15-17,30H,13-14H2,1-4H3. The Balaban J connectivity index is 1.68. The van der Waals surface area contributed by atoms with Gasteiger partial charge in [0, 0.05) is 5.41 Å². The van der Waals surface area contributed by atoms with Crippen molar-refractivity contribution in [2.24, 2.45) is 0 Å². The molecule has 0 bridgehead atoms. The summed E-state index contributed by atoms with van der Waals surface area (Å²) in [7, 11) is 0. The summed E-state index contributed by atoms with van der Waals surface area (Å²) in [6.45, 7) is 8.72. The molecule has 5 nitrogen and oxygen atoms in total. The van der Waals surface area contributed by atoms with E-state index >= 15 is 0 Å². The molecular weight excluding hydrogens is 400 g/mol. The third-order valence-electron chi connectivity index (χ3n) is 6.05. The smallest absolute Gasteiger partial charge is 0.265 e. The van der Waals surface area contributed by atoms with E-state index in [1.165, 1.54) is 5.56 Å². The maximum atomic E-state index is 12.9. The van der Waals surface area contributed by atoms with E-state index in [0.29, 0.717) is 10.9 Å². The molecule has 0 radical (unpaired) electrons. The number of ether oxygens (including phenoxy) is 1. The van der Waals surface area contributed by atoms with Crippen LogP contribution in [0.25, 0.3) is 16.6 Å². The first-order chi connectivity index (χ1) is 15.3. The lowest BCUT2D eigenvalue weighted by molar-refractivity contribution is 0.200. The van der Waals surface area contributed by atoms with Crippen LogP contribution in [0.3, 0.4) is 0 Å².